The van der Waals surface area contributed by atoms with E-state index in [1.165, 1.54) is 0 Å². The zero-order chi connectivity index (χ0) is 13.4. The van der Waals surface area contributed by atoms with Crippen LogP contribution in [-0.4, -0.2) is 24.8 Å². The number of aliphatic hydroxyl groups is 1. The minimum absolute atomic E-state index is 0.0234. The molecule has 3 nitrogen and oxygen atoms in total. The van der Waals surface area contributed by atoms with Crippen LogP contribution >= 0.6 is 0 Å². The molecule has 1 rings (SSSR count). The van der Waals surface area contributed by atoms with Crippen LogP contribution in [0.2, 0.25) is 0 Å². The molecule has 0 saturated heterocycles. The smallest absolute Gasteiger partial charge is 0.119 e. The average Bonchev–Trinajstić information content (AvgIpc) is 2.43. The fourth-order valence-corrected chi connectivity index (χ4v) is 1.75. The Bertz CT molecular complexity index is 398. The second kappa shape index (κ2) is 7.75. The summed E-state index contributed by atoms with van der Waals surface area (Å²) in [6, 6.07) is 7.44. The van der Waals surface area contributed by atoms with Gasteiger partial charge >= 0.3 is 0 Å². The third kappa shape index (κ3) is 4.40. The average molecular weight is 247 g/mol. The van der Waals surface area contributed by atoms with E-state index in [4.69, 9.17) is 11.2 Å². The molecule has 2 atom stereocenters. The van der Waals surface area contributed by atoms with Crippen LogP contribution in [0.25, 0.3) is 0 Å². The SMILES string of the molecule is C#CC(CCC)NCC(O)c1cccc(OC)c1. The maximum absolute atomic E-state index is 10.1. The molecule has 0 heterocycles. The number of nitrogens with one attached hydrogen (secondary N) is 1. The van der Waals surface area contributed by atoms with E-state index < -0.39 is 6.10 Å². The molecule has 1 aromatic carbocycles. The van der Waals surface area contributed by atoms with Crippen molar-refractivity contribution in [1.29, 1.82) is 0 Å². The number of methoxy groups -OCH3 is 1. The second-order valence-electron chi connectivity index (χ2n) is 4.21. The van der Waals surface area contributed by atoms with Gasteiger partial charge in [0.2, 0.25) is 0 Å². The molecule has 0 amide bonds. The highest BCUT2D eigenvalue weighted by atomic mass is 16.5. The third-order valence-electron chi connectivity index (χ3n) is 2.81. The van der Waals surface area contributed by atoms with Crippen LogP contribution in [0.1, 0.15) is 31.4 Å². The largest absolute Gasteiger partial charge is 0.497 e. The Labute approximate surface area is 109 Å². The Kier molecular flexibility index (Phi) is 6.27. The Morgan fingerprint density at radius 2 is 2.28 bits per heavy atom. The Morgan fingerprint density at radius 1 is 1.50 bits per heavy atom. The van der Waals surface area contributed by atoms with Crippen molar-refractivity contribution in [2.45, 2.75) is 31.9 Å². The standard InChI is InChI=1S/C15H21NO2/c1-4-7-13(5-2)16-11-15(17)12-8-6-9-14(10-12)18-3/h2,6,8-10,13,15-17H,4,7,11H2,1,3H3. The molecule has 0 aliphatic rings. The number of aliphatic hydroxyl groups excluding tert-OH is 1. The minimum atomic E-state index is -0.576. The lowest BCUT2D eigenvalue weighted by molar-refractivity contribution is 0.171. The van der Waals surface area contributed by atoms with Gasteiger partial charge in [0, 0.05) is 6.54 Å². The van der Waals surface area contributed by atoms with Crippen molar-refractivity contribution in [2.24, 2.45) is 0 Å². The van der Waals surface area contributed by atoms with Gasteiger partial charge in [-0.3, -0.25) is 0 Å². The van der Waals surface area contributed by atoms with Crippen LogP contribution in [0.15, 0.2) is 24.3 Å². The number of terminal acetylenes is 1. The number of ether oxygens (including phenoxy) is 1. The summed E-state index contributed by atoms with van der Waals surface area (Å²) in [5.74, 6) is 3.43. The first-order chi connectivity index (χ1) is 8.71. The van der Waals surface area contributed by atoms with Crippen molar-refractivity contribution in [3.8, 4) is 18.1 Å². The van der Waals surface area contributed by atoms with Crippen LogP contribution in [-0.2, 0) is 0 Å². The normalized spacial score (nSPS) is 13.7. The monoisotopic (exact) mass is 247 g/mol. The molecule has 2 N–H and O–H groups in total. The zero-order valence-corrected chi connectivity index (χ0v) is 11.0. The van der Waals surface area contributed by atoms with Gasteiger partial charge in [0.05, 0.1) is 19.3 Å². The van der Waals surface area contributed by atoms with Gasteiger partial charge in [-0.15, -0.1) is 6.42 Å². The fourth-order valence-electron chi connectivity index (χ4n) is 1.75. The van der Waals surface area contributed by atoms with E-state index in [1.807, 2.05) is 24.3 Å². The minimum Gasteiger partial charge on any atom is -0.497 e. The summed E-state index contributed by atoms with van der Waals surface area (Å²) >= 11 is 0. The van der Waals surface area contributed by atoms with Crippen molar-refractivity contribution < 1.29 is 9.84 Å². The van der Waals surface area contributed by atoms with Crippen molar-refractivity contribution in [3.63, 3.8) is 0 Å². The summed E-state index contributed by atoms with van der Waals surface area (Å²) < 4.78 is 5.13. The van der Waals surface area contributed by atoms with Crippen LogP contribution < -0.4 is 10.1 Å². The maximum atomic E-state index is 10.1. The van der Waals surface area contributed by atoms with Gasteiger partial charge in [0.15, 0.2) is 0 Å². The Morgan fingerprint density at radius 3 is 2.89 bits per heavy atom. The fraction of sp³-hybridized carbons (Fsp3) is 0.467. The van der Waals surface area contributed by atoms with Crippen LogP contribution in [0.4, 0.5) is 0 Å². The summed E-state index contributed by atoms with van der Waals surface area (Å²) in [6.07, 6.45) is 6.78. The van der Waals surface area contributed by atoms with Gasteiger partial charge in [-0.05, 0) is 24.1 Å². The molecule has 0 spiro atoms. The van der Waals surface area contributed by atoms with E-state index in [0.29, 0.717) is 6.54 Å². The maximum Gasteiger partial charge on any atom is 0.119 e. The first-order valence-corrected chi connectivity index (χ1v) is 6.22. The first-order valence-electron chi connectivity index (χ1n) is 6.22. The summed E-state index contributed by atoms with van der Waals surface area (Å²) in [5, 5.41) is 13.2. The lowest BCUT2D eigenvalue weighted by Crippen LogP contribution is -2.31. The topological polar surface area (TPSA) is 41.5 Å². The molecule has 3 heteroatoms. The van der Waals surface area contributed by atoms with Gasteiger partial charge < -0.3 is 15.2 Å². The molecule has 0 fully saturated rings. The molecule has 0 aromatic heterocycles. The predicted octanol–water partition coefficient (Wildman–Crippen LogP) is 2.12. The lowest BCUT2D eigenvalue weighted by Gasteiger charge is -2.16. The van der Waals surface area contributed by atoms with Gasteiger partial charge in [-0.1, -0.05) is 31.4 Å². The zero-order valence-electron chi connectivity index (χ0n) is 11.0. The predicted molar refractivity (Wildman–Crippen MR) is 73.5 cm³/mol. The summed E-state index contributed by atoms with van der Waals surface area (Å²) in [6.45, 7) is 2.53. The van der Waals surface area contributed by atoms with Crippen LogP contribution in [0, 0.1) is 12.3 Å². The number of hydrogen-bond acceptors (Lipinski definition) is 3. The highest BCUT2D eigenvalue weighted by Crippen LogP contribution is 2.18. The molecule has 0 aliphatic heterocycles. The third-order valence-corrected chi connectivity index (χ3v) is 2.81. The highest BCUT2D eigenvalue weighted by molar-refractivity contribution is 5.29. The van der Waals surface area contributed by atoms with Crippen LogP contribution in [0.3, 0.4) is 0 Å². The number of benzene rings is 1. The van der Waals surface area contributed by atoms with Crippen molar-refractivity contribution in [2.75, 3.05) is 13.7 Å². The van der Waals surface area contributed by atoms with Gasteiger partial charge in [0.1, 0.15) is 5.75 Å². The Hall–Kier alpha value is -1.50. The van der Waals surface area contributed by atoms with Crippen molar-refractivity contribution in [3.05, 3.63) is 29.8 Å². The number of hydrogen-bond donors (Lipinski definition) is 2. The first kappa shape index (κ1) is 14.6. The quantitative estimate of drug-likeness (QED) is 0.725. The molecular weight excluding hydrogens is 226 g/mol. The highest BCUT2D eigenvalue weighted by Gasteiger charge is 2.10. The molecule has 0 bridgehead atoms. The lowest BCUT2D eigenvalue weighted by atomic mass is 10.1. The molecular formula is C15H21NO2. The van der Waals surface area contributed by atoms with Crippen molar-refractivity contribution >= 4 is 0 Å². The van der Waals surface area contributed by atoms with E-state index in [-0.39, 0.29) is 6.04 Å². The molecule has 0 saturated carbocycles. The molecule has 0 radical (unpaired) electrons. The van der Waals surface area contributed by atoms with Gasteiger partial charge in [-0.2, -0.15) is 0 Å². The molecule has 18 heavy (non-hydrogen) atoms. The molecule has 98 valence electrons. The van der Waals surface area contributed by atoms with E-state index in [9.17, 15) is 5.11 Å². The van der Waals surface area contributed by atoms with E-state index in [0.717, 1.165) is 24.2 Å². The van der Waals surface area contributed by atoms with Gasteiger partial charge in [0.25, 0.3) is 0 Å². The van der Waals surface area contributed by atoms with E-state index in [1.54, 1.807) is 7.11 Å². The van der Waals surface area contributed by atoms with E-state index in [2.05, 4.69) is 18.2 Å². The molecule has 0 aliphatic carbocycles. The summed E-state index contributed by atoms with van der Waals surface area (Å²) in [5.41, 5.74) is 0.828. The van der Waals surface area contributed by atoms with Gasteiger partial charge in [-0.25, -0.2) is 0 Å². The van der Waals surface area contributed by atoms with Crippen molar-refractivity contribution in [1.82, 2.24) is 5.32 Å². The summed E-state index contributed by atoms with van der Waals surface area (Å²) in [7, 11) is 1.61. The Balaban J connectivity index is 2.54. The molecule has 2 unspecified atom stereocenters. The second-order valence-corrected chi connectivity index (χ2v) is 4.21. The number of rotatable bonds is 7. The molecule has 1 aromatic rings. The van der Waals surface area contributed by atoms with E-state index >= 15 is 0 Å². The summed E-state index contributed by atoms with van der Waals surface area (Å²) in [4.78, 5) is 0. The van der Waals surface area contributed by atoms with Crippen LogP contribution in [0.5, 0.6) is 5.75 Å².